The molecule has 1 rings (SSSR count). The third-order valence-corrected chi connectivity index (χ3v) is 3.37. The minimum absolute atomic E-state index is 0.0804. The highest BCUT2D eigenvalue weighted by Crippen LogP contribution is 2.39. The number of rotatable bonds is 4. The molecular formula is C11H21N3O2. The molecule has 0 atom stereocenters. The highest BCUT2D eigenvalue weighted by atomic mass is 16.4. The molecule has 1 fully saturated rings. The predicted molar refractivity (Wildman–Crippen MR) is 62.2 cm³/mol. The first-order chi connectivity index (χ1) is 7.53. The Bertz CT molecular complexity index is 283. The van der Waals surface area contributed by atoms with E-state index in [1.54, 1.807) is 4.90 Å². The van der Waals surface area contributed by atoms with Crippen LogP contribution in [0.4, 0.5) is 0 Å². The van der Waals surface area contributed by atoms with E-state index in [1.807, 2.05) is 13.8 Å². The first-order valence-electron chi connectivity index (χ1n) is 5.79. The maximum atomic E-state index is 12.3. The van der Waals surface area contributed by atoms with E-state index >= 15 is 0 Å². The number of oxime groups is 1. The SMILES string of the molecule is CCN(CC(N)=NO)C(=O)C1(C)CCCC1. The number of hydrogen-bond donors (Lipinski definition) is 2. The van der Waals surface area contributed by atoms with E-state index in [4.69, 9.17) is 10.9 Å². The lowest BCUT2D eigenvalue weighted by Gasteiger charge is -2.30. The molecule has 16 heavy (non-hydrogen) atoms. The largest absolute Gasteiger partial charge is 0.409 e. The fourth-order valence-electron chi connectivity index (χ4n) is 2.31. The van der Waals surface area contributed by atoms with Gasteiger partial charge in [-0.15, -0.1) is 0 Å². The third kappa shape index (κ3) is 2.65. The van der Waals surface area contributed by atoms with Crippen molar-refractivity contribution >= 4 is 11.7 Å². The summed E-state index contributed by atoms with van der Waals surface area (Å²) in [5.41, 5.74) is 5.19. The molecule has 0 unspecified atom stereocenters. The van der Waals surface area contributed by atoms with Gasteiger partial charge in [-0.1, -0.05) is 24.9 Å². The Hall–Kier alpha value is -1.26. The Morgan fingerprint density at radius 3 is 2.50 bits per heavy atom. The second-order valence-corrected chi connectivity index (χ2v) is 4.68. The number of amidine groups is 1. The maximum Gasteiger partial charge on any atom is 0.228 e. The van der Waals surface area contributed by atoms with Gasteiger partial charge in [0.05, 0.1) is 6.54 Å². The molecule has 0 radical (unpaired) electrons. The van der Waals surface area contributed by atoms with Crippen LogP contribution < -0.4 is 5.73 Å². The van der Waals surface area contributed by atoms with Gasteiger partial charge in [-0.25, -0.2) is 0 Å². The van der Waals surface area contributed by atoms with Crippen LogP contribution in [-0.4, -0.2) is 34.9 Å². The lowest BCUT2D eigenvalue weighted by atomic mass is 9.87. The molecule has 0 bridgehead atoms. The van der Waals surface area contributed by atoms with Crippen LogP contribution in [-0.2, 0) is 4.79 Å². The second-order valence-electron chi connectivity index (χ2n) is 4.68. The zero-order valence-electron chi connectivity index (χ0n) is 10.1. The first-order valence-corrected chi connectivity index (χ1v) is 5.79. The first kappa shape index (κ1) is 12.8. The summed E-state index contributed by atoms with van der Waals surface area (Å²) < 4.78 is 0. The fourth-order valence-corrected chi connectivity index (χ4v) is 2.31. The average molecular weight is 227 g/mol. The van der Waals surface area contributed by atoms with Gasteiger partial charge >= 0.3 is 0 Å². The Morgan fingerprint density at radius 1 is 1.50 bits per heavy atom. The summed E-state index contributed by atoms with van der Waals surface area (Å²) in [6.45, 7) is 4.71. The molecule has 5 nitrogen and oxygen atoms in total. The lowest BCUT2D eigenvalue weighted by molar-refractivity contribution is -0.140. The number of nitrogens with zero attached hydrogens (tertiary/aromatic N) is 2. The van der Waals surface area contributed by atoms with Crippen molar-refractivity contribution in [1.29, 1.82) is 0 Å². The Balaban J connectivity index is 2.69. The molecule has 0 saturated heterocycles. The molecule has 0 aliphatic heterocycles. The highest BCUT2D eigenvalue weighted by molar-refractivity contribution is 5.89. The zero-order valence-corrected chi connectivity index (χ0v) is 10.1. The monoisotopic (exact) mass is 227 g/mol. The molecule has 0 aromatic heterocycles. The predicted octanol–water partition coefficient (Wildman–Crippen LogP) is 1.16. The summed E-state index contributed by atoms with van der Waals surface area (Å²) in [5, 5.41) is 11.4. The second kappa shape index (κ2) is 5.18. The Morgan fingerprint density at radius 2 is 2.06 bits per heavy atom. The fraction of sp³-hybridized carbons (Fsp3) is 0.818. The van der Waals surface area contributed by atoms with Crippen LogP contribution >= 0.6 is 0 Å². The van der Waals surface area contributed by atoms with Gasteiger partial charge in [-0.05, 0) is 19.8 Å². The van der Waals surface area contributed by atoms with E-state index in [1.165, 1.54) is 0 Å². The van der Waals surface area contributed by atoms with Crippen LogP contribution in [0, 0.1) is 5.41 Å². The highest BCUT2D eigenvalue weighted by Gasteiger charge is 2.38. The minimum Gasteiger partial charge on any atom is -0.409 e. The van der Waals surface area contributed by atoms with Crippen LogP contribution in [0.1, 0.15) is 39.5 Å². The van der Waals surface area contributed by atoms with Crippen molar-refractivity contribution in [2.24, 2.45) is 16.3 Å². The van der Waals surface area contributed by atoms with Gasteiger partial charge in [-0.3, -0.25) is 4.79 Å². The van der Waals surface area contributed by atoms with E-state index in [-0.39, 0.29) is 23.7 Å². The smallest absolute Gasteiger partial charge is 0.228 e. The van der Waals surface area contributed by atoms with Gasteiger partial charge in [-0.2, -0.15) is 0 Å². The van der Waals surface area contributed by atoms with Crippen LogP contribution in [0.2, 0.25) is 0 Å². The standard InChI is InChI=1S/C11H21N3O2/c1-3-14(8-9(12)13-16)10(15)11(2)6-4-5-7-11/h16H,3-8H2,1-2H3,(H2,12,13). The Labute approximate surface area is 96.3 Å². The topological polar surface area (TPSA) is 78.9 Å². The van der Waals surface area contributed by atoms with Crippen molar-refractivity contribution < 1.29 is 10.0 Å². The van der Waals surface area contributed by atoms with E-state index in [0.717, 1.165) is 25.7 Å². The molecule has 5 heteroatoms. The molecule has 3 N–H and O–H groups in total. The van der Waals surface area contributed by atoms with Crippen molar-refractivity contribution in [3.63, 3.8) is 0 Å². The molecule has 1 aliphatic carbocycles. The molecule has 0 spiro atoms. The number of likely N-dealkylation sites (N-methyl/N-ethyl adjacent to an activating group) is 1. The van der Waals surface area contributed by atoms with Crippen molar-refractivity contribution in [2.45, 2.75) is 39.5 Å². The summed E-state index contributed by atoms with van der Waals surface area (Å²) in [7, 11) is 0. The number of carbonyl (C=O) groups is 1. The normalized spacial score (nSPS) is 19.8. The summed E-state index contributed by atoms with van der Waals surface area (Å²) in [4.78, 5) is 13.9. The number of nitrogens with two attached hydrogens (primary N) is 1. The molecule has 0 heterocycles. The van der Waals surface area contributed by atoms with Gasteiger partial charge in [0.2, 0.25) is 5.91 Å². The van der Waals surface area contributed by atoms with Gasteiger partial charge < -0.3 is 15.8 Å². The molecule has 0 aromatic rings. The average Bonchev–Trinajstić information content (AvgIpc) is 2.73. The quantitative estimate of drug-likeness (QED) is 0.327. The number of amides is 1. The summed E-state index contributed by atoms with van der Waals surface area (Å²) in [6, 6.07) is 0. The van der Waals surface area contributed by atoms with Crippen LogP contribution in [0.3, 0.4) is 0 Å². The molecule has 1 saturated carbocycles. The molecule has 1 amide bonds. The van der Waals surface area contributed by atoms with Gasteiger partial charge in [0.1, 0.15) is 0 Å². The molecular weight excluding hydrogens is 206 g/mol. The maximum absolute atomic E-state index is 12.3. The van der Waals surface area contributed by atoms with E-state index in [0.29, 0.717) is 6.54 Å². The summed E-state index contributed by atoms with van der Waals surface area (Å²) in [5.74, 6) is 0.205. The van der Waals surface area contributed by atoms with Crippen molar-refractivity contribution in [1.82, 2.24) is 4.90 Å². The van der Waals surface area contributed by atoms with Crippen LogP contribution in [0.25, 0.3) is 0 Å². The Kier molecular flexibility index (Phi) is 4.15. The van der Waals surface area contributed by atoms with E-state index in [9.17, 15) is 4.79 Å². The van der Waals surface area contributed by atoms with Gasteiger partial charge in [0.25, 0.3) is 0 Å². The minimum atomic E-state index is -0.244. The van der Waals surface area contributed by atoms with Gasteiger partial charge in [0, 0.05) is 12.0 Å². The van der Waals surface area contributed by atoms with Crippen molar-refractivity contribution in [3.05, 3.63) is 0 Å². The van der Waals surface area contributed by atoms with Crippen molar-refractivity contribution in [3.8, 4) is 0 Å². The van der Waals surface area contributed by atoms with Crippen LogP contribution in [0.15, 0.2) is 5.16 Å². The number of carbonyl (C=O) groups excluding carboxylic acids is 1. The summed E-state index contributed by atoms with van der Waals surface area (Å²) in [6.07, 6.45) is 4.11. The van der Waals surface area contributed by atoms with Crippen LogP contribution in [0.5, 0.6) is 0 Å². The molecule has 92 valence electrons. The lowest BCUT2D eigenvalue weighted by Crippen LogP contribution is -2.45. The molecule has 1 aliphatic rings. The number of hydrogen-bond acceptors (Lipinski definition) is 3. The zero-order chi connectivity index (χ0) is 12.2. The molecule has 0 aromatic carbocycles. The third-order valence-electron chi connectivity index (χ3n) is 3.37. The van der Waals surface area contributed by atoms with Gasteiger partial charge in [0.15, 0.2) is 5.84 Å². The van der Waals surface area contributed by atoms with E-state index < -0.39 is 0 Å². The van der Waals surface area contributed by atoms with Crippen molar-refractivity contribution in [2.75, 3.05) is 13.1 Å². The van der Waals surface area contributed by atoms with E-state index in [2.05, 4.69) is 5.16 Å². The summed E-state index contributed by atoms with van der Waals surface area (Å²) >= 11 is 0.